The lowest BCUT2D eigenvalue weighted by molar-refractivity contribution is -0.485. The van der Waals surface area contributed by atoms with Gasteiger partial charge < -0.3 is 10.2 Å². The molecule has 0 saturated carbocycles. The van der Waals surface area contributed by atoms with Crippen LogP contribution in [0, 0.1) is 10.1 Å². The minimum Gasteiger partial charge on any atom is -0.349 e. The number of guanidine groups is 1. The monoisotopic (exact) mass is 254 g/mol. The fourth-order valence-electron chi connectivity index (χ4n) is 1.66. The van der Waals surface area contributed by atoms with Crippen molar-refractivity contribution in [2.45, 2.75) is 6.54 Å². The Balaban J connectivity index is 2.07. The Labute approximate surface area is 103 Å². The average Bonchev–Trinajstić information content (AvgIpc) is 2.68. The van der Waals surface area contributed by atoms with Crippen molar-refractivity contribution in [3.8, 4) is 0 Å². The van der Waals surface area contributed by atoms with E-state index in [-0.39, 0.29) is 0 Å². The van der Waals surface area contributed by atoms with Gasteiger partial charge in [-0.25, -0.2) is 10.1 Å². The van der Waals surface area contributed by atoms with Gasteiger partial charge in [-0.2, -0.15) is 0 Å². The fourth-order valence-corrected chi connectivity index (χ4v) is 1.79. The maximum atomic E-state index is 10.3. The second-order valence-electron chi connectivity index (χ2n) is 3.64. The summed E-state index contributed by atoms with van der Waals surface area (Å²) >= 11 is 5.79. The van der Waals surface area contributed by atoms with Gasteiger partial charge in [0.15, 0.2) is 5.03 Å². The summed E-state index contributed by atoms with van der Waals surface area (Å²) in [6.07, 6.45) is 0. The SMILES string of the molecule is O=[N+]([O-])/N=C1\NCCN1Cc1ccc(Cl)cc1. The van der Waals surface area contributed by atoms with Gasteiger partial charge in [0, 0.05) is 24.7 Å². The first-order valence-electron chi connectivity index (χ1n) is 5.11. The molecule has 0 spiro atoms. The van der Waals surface area contributed by atoms with Crippen molar-refractivity contribution in [1.29, 1.82) is 0 Å². The van der Waals surface area contributed by atoms with Crippen LogP contribution in [0.4, 0.5) is 0 Å². The molecule has 90 valence electrons. The van der Waals surface area contributed by atoms with Gasteiger partial charge in [-0.3, -0.25) is 0 Å². The minimum atomic E-state index is -0.692. The molecule has 0 bridgehead atoms. The Morgan fingerprint density at radius 3 is 2.82 bits per heavy atom. The first-order chi connectivity index (χ1) is 8.15. The zero-order chi connectivity index (χ0) is 12.3. The zero-order valence-corrected chi connectivity index (χ0v) is 9.72. The Morgan fingerprint density at radius 1 is 1.47 bits per heavy atom. The van der Waals surface area contributed by atoms with E-state index in [0.29, 0.717) is 30.6 Å². The van der Waals surface area contributed by atoms with Gasteiger partial charge in [0.2, 0.25) is 0 Å². The highest BCUT2D eigenvalue weighted by Gasteiger charge is 2.21. The van der Waals surface area contributed by atoms with E-state index < -0.39 is 5.03 Å². The van der Waals surface area contributed by atoms with Gasteiger partial charge in [-0.1, -0.05) is 23.7 Å². The standard InChI is InChI=1S/C10H11ClN4O2/c11-9-3-1-8(2-4-9)7-14-6-5-12-10(14)13-15(16)17/h1-4H,5-7H2,(H,12,13). The highest BCUT2D eigenvalue weighted by Crippen LogP contribution is 2.12. The Bertz CT molecular complexity index is 446. The third kappa shape index (κ3) is 3.07. The number of nitrogens with zero attached hydrogens (tertiary/aromatic N) is 3. The molecule has 2 rings (SSSR count). The molecule has 0 aromatic heterocycles. The second-order valence-corrected chi connectivity index (χ2v) is 4.07. The lowest BCUT2D eigenvalue weighted by Crippen LogP contribution is -2.30. The molecule has 0 radical (unpaired) electrons. The van der Waals surface area contributed by atoms with Crippen LogP contribution in [-0.4, -0.2) is 29.0 Å². The van der Waals surface area contributed by atoms with Crippen LogP contribution < -0.4 is 5.32 Å². The van der Waals surface area contributed by atoms with E-state index in [1.807, 2.05) is 17.0 Å². The number of nitrogens with one attached hydrogen (secondary N) is 1. The van der Waals surface area contributed by atoms with E-state index >= 15 is 0 Å². The summed E-state index contributed by atoms with van der Waals surface area (Å²) in [4.78, 5) is 12.2. The molecule has 1 aromatic rings. The zero-order valence-electron chi connectivity index (χ0n) is 8.97. The molecule has 6 nitrogen and oxygen atoms in total. The van der Waals surface area contributed by atoms with E-state index in [0.717, 1.165) is 5.56 Å². The molecule has 1 aliphatic heterocycles. The minimum absolute atomic E-state index is 0.310. The number of halogens is 1. The number of hydrogen-bond acceptors (Lipinski definition) is 2. The molecule has 7 heteroatoms. The highest BCUT2D eigenvalue weighted by atomic mass is 35.5. The maximum absolute atomic E-state index is 10.3. The lowest BCUT2D eigenvalue weighted by Gasteiger charge is -2.15. The summed E-state index contributed by atoms with van der Waals surface area (Å²) in [6, 6.07) is 7.38. The third-order valence-electron chi connectivity index (χ3n) is 2.43. The van der Waals surface area contributed by atoms with Crippen LogP contribution in [0.2, 0.25) is 5.02 Å². The number of hydrogen-bond donors (Lipinski definition) is 1. The molecular formula is C10H11ClN4O2. The van der Waals surface area contributed by atoms with Crippen LogP contribution >= 0.6 is 11.6 Å². The highest BCUT2D eigenvalue weighted by molar-refractivity contribution is 6.30. The van der Waals surface area contributed by atoms with Gasteiger partial charge >= 0.3 is 0 Å². The Hall–Kier alpha value is -1.82. The smallest absolute Gasteiger partial charge is 0.271 e. The molecule has 17 heavy (non-hydrogen) atoms. The normalized spacial score (nSPS) is 17.2. The molecule has 1 aromatic carbocycles. The molecule has 1 saturated heterocycles. The summed E-state index contributed by atoms with van der Waals surface area (Å²) < 4.78 is 0. The first kappa shape index (κ1) is 11.7. The van der Waals surface area contributed by atoms with Gasteiger partial charge in [-0.05, 0) is 17.7 Å². The lowest BCUT2D eigenvalue weighted by atomic mass is 10.2. The largest absolute Gasteiger partial charge is 0.349 e. The molecule has 1 heterocycles. The summed E-state index contributed by atoms with van der Waals surface area (Å²) in [5.74, 6) is 0.310. The van der Waals surface area contributed by atoms with Crippen molar-refractivity contribution < 1.29 is 5.03 Å². The molecular weight excluding hydrogens is 244 g/mol. The first-order valence-corrected chi connectivity index (χ1v) is 5.49. The molecule has 1 aliphatic rings. The van der Waals surface area contributed by atoms with Gasteiger partial charge in [-0.15, -0.1) is 0 Å². The number of rotatable bonds is 3. The van der Waals surface area contributed by atoms with E-state index in [1.54, 1.807) is 12.1 Å². The topological polar surface area (TPSA) is 70.8 Å². The van der Waals surface area contributed by atoms with E-state index in [4.69, 9.17) is 11.6 Å². The third-order valence-corrected chi connectivity index (χ3v) is 2.68. The van der Waals surface area contributed by atoms with Crippen LogP contribution in [0.15, 0.2) is 29.4 Å². The van der Waals surface area contributed by atoms with Gasteiger partial charge in [0.05, 0.1) is 0 Å². The summed E-state index contributed by atoms with van der Waals surface area (Å²) in [5.41, 5.74) is 1.04. The second kappa shape index (κ2) is 5.01. The quantitative estimate of drug-likeness (QED) is 0.652. The number of benzene rings is 1. The molecule has 0 unspecified atom stereocenters. The van der Waals surface area contributed by atoms with Crippen LogP contribution in [0.3, 0.4) is 0 Å². The van der Waals surface area contributed by atoms with E-state index in [2.05, 4.69) is 10.4 Å². The maximum Gasteiger partial charge on any atom is 0.271 e. The average molecular weight is 255 g/mol. The van der Waals surface area contributed by atoms with Crippen LogP contribution in [-0.2, 0) is 6.54 Å². The van der Waals surface area contributed by atoms with E-state index in [9.17, 15) is 10.1 Å². The van der Waals surface area contributed by atoms with E-state index in [1.165, 1.54) is 0 Å². The van der Waals surface area contributed by atoms with Crippen molar-refractivity contribution in [2.24, 2.45) is 5.10 Å². The molecule has 0 amide bonds. The summed E-state index contributed by atoms with van der Waals surface area (Å²) in [6.45, 7) is 1.95. The fraction of sp³-hybridized carbons (Fsp3) is 0.300. The molecule has 1 fully saturated rings. The predicted octanol–water partition coefficient (Wildman–Crippen LogP) is 1.29. The Morgan fingerprint density at radius 2 is 2.18 bits per heavy atom. The molecule has 0 aliphatic carbocycles. The molecule has 0 atom stereocenters. The summed E-state index contributed by atoms with van der Waals surface area (Å²) in [7, 11) is 0. The van der Waals surface area contributed by atoms with Gasteiger partial charge in [0.25, 0.3) is 5.96 Å². The summed E-state index contributed by atoms with van der Waals surface area (Å²) in [5, 5.41) is 16.5. The van der Waals surface area contributed by atoms with Gasteiger partial charge in [0.1, 0.15) is 5.10 Å². The van der Waals surface area contributed by atoms with Crippen molar-refractivity contribution in [3.05, 3.63) is 45.0 Å². The van der Waals surface area contributed by atoms with Crippen LogP contribution in [0.5, 0.6) is 0 Å². The van der Waals surface area contributed by atoms with Crippen LogP contribution in [0.1, 0.15) is 5.56 Å². The number of nitro groups is 1. The van der Waals surface area contributed by atoms with Crippen molar-refractivity contribution in [1.82, 2.24) is 10.2 Å². The van der Waals surface area contributed by atoms with Crippen LogP contribution in [0.25, 0.3) is 0 Å². The predicted molar refractivity (Wildman–Crippen MR) is 64.3 cm³/mol. The van der Waals surface area contributed by atoms with Crippen molar-refractivity contribution in [2.75, 3.05) is 13.1 Å². The molecule has 1 N–H and O–H groups in total. The van der Waals surface area contributed by atoms with Crippen molar-refractivity contribution >= 4 is 17.6 Å². The Kier molecular flexibility index (Phi) is 3.43. The number of hydrazone groups is 1. The van der Waals surface area contributed by atoms with Crippen molar-refractivity contribution in [3.63, 3.8) is 0 Å².